The molecule has 0 radical (unpaired) electrons. The van der Waals surface area contributed by atoms with E-state index in [0.717, 1.165) is 5.57 Å². The molecule has 0 aromatic heterocycles. The number of hydrogen-bond donors (Lipinski definition) is 14. The van der Waals surface area contributed by atoms with Gasteiger partial charge in [0.25, 0.3) is 0 Å². The number of Topliss-reactive ketones (excluding diaryl/α,β-unsaturated/α-hetero) is 1. The topological polar surface area (TPSA) is 365 Å². The number of aliphatic hydroxyl groups is 14. The smallest absolute Gasteiger partial charge is 0.187 e. The maximum Gasteiger partial charge on any atom is 0.187 e. The van der Waals surface area contributed by atoms with E-state index in [1.54, 1.807) is 32.9 Å². The molecule has 4 rings (SSSR count). The fraction of sp³-hybridized carbons (Fsp3) is 0.745. The van der Waals surface area contributed by atoms with Crippen molar-refractivity contribution in [2.45, 2.75) is 190 Å². The molecular formula is C51H82O22. The van der Waals surface area contributed by atoms with Gasteiger partial charge in [0.05, 0.1) is 31.5 Å². The normalized spacial score (nSPS) is 38.4. The molecule has 1 aliphatic carbocycles. The molecule has 14 N–H and O–H groups in total. The predicted octanol–water partition coefficient (Wildman–Crippen LogP) is -2.31. The van der Waals surface area contributed by atoms with Crippen molar-refractivity contribution < 1.29 is 109 Å². The molecule has 0 saturated carbocycles. The third kappa shape index (κ3) is 16.6. The van der Waals surface area contributed by atoms with E-state index in [1.807, 2.05) is 58.1 Å². The van der Waals surface area contributed by atoms with Crippen molar-refractivity contribution in [3.8, 4) is 0 Å². The summed E-state index contributed by atoms with van der Waals surface area (Å²) in [5.74, 6) is -1.20. The van der Waals surface area contributed by atoms with Gasteiger partial charge in [-0.1, -0.05) is 88.0 Å². The van der Waals surface area contributed by atoms with Gasteiger partial charge in [0.1, 0.15) is 97.7 Å². The Bertz CT molecular complexity index is 1880. The monoisotopic (exact) mass is 1050 g/mol. The lowest BCUT2D eigenvalue weighted by molar-refractivity contribution is -0.373. The summed E-state index contributed by atoms with van der Waals surface area (Å²) in [5, 5.41) is 147. The third-order valence-corrected chi connectivity index (χ3v) is 13.6. The molecule has 418 valence electrons. The van der Waals surface area contributed by atoms with E-state index in [0.29, 0.717) is 5.57 Å². The van der Waals surface area contributed by atoms with Crippen LogP contribution in [0.25, 0.3) is 0 Å². The average Bonchev–Trinajstić information content (AvgIpc) is 3.34. The highest BCUT2D eigenvalue weighted by molar-refractivity contribution is 5.98. The van der Waals surface area contributed by atoms with Gasteiger partial charge >= 0.3 is 0 Å². The average molecular weight is 1050 g/mol. The Morgan fingerprint density at radius 2 is 1.32 bits per heavy atom. The zero-order valence-electron chi connectivity index (χ0n) is 42.7. The largest absolute Gasteiger partial charge is 0.394 e. The van der Waals surface area contributed by atoms with Crippen LogP contribution < -0.4 is 0 Å². The van der Waals surface area contributed by atoms with Crippen LogP contribution >= 0.6 is 0 Å². The molecule has 3 aliphatic heterocycles. The Hall–Kier alpha value is -2.73. The highest BCUT2D eigenvalue weighted by Crippen LogP contribution is 2.36. The zero-order chi connectivity index (χ0) is 54.6. The van der Waals surface area contributed by atoms with E-state index in [9.17, 15) is 76.3 Å². The van der Waals surface area contributed by atoms with Crippen LogP contribution in [0, 0.1) is 23.7 Å². The molecule has 3 heterocycles. The molecule has 3 fully saturated rings. The van der Waals surface area contributed by atoms with E-state index in [4.69, 9.17) is 33.2 Å². The fourth-order valence-corrected chi connectivity index (χ4v) is 9.09. The lowest BCUT2D eigenvalue weighted by atomic mass is 9.71. The first kappa shape index (κ1) is 62.8. The summed E-state index contributed by atoms with van der Waals surface area (Å²) >= 11 is 0. The number of rotatable bonds is 24. The molecule has 0 spiro atoms. The van der Waals surface area contributed by atoms with Gasteiger partial charge < -0.3 is 105 Å². The first-order chi connectivity index (χ1) is 34.3. The molecule has 73 heavy (non-hydrogen) atoms. The number of carbonyl (C=O) groups is 1. The van der Waals surface area contributed by atoms with E-state index < -0.39 is 160 Å². The summed E-state index contributed by atoms with van der Waals surface area (Å²) in [4.78, 5) is 13.4. The summed E-state index contributed by atoms with van der Waals surface area (Å²) in [6.45, 7) is 10.6. The van der Waals surface area contributed by atoms with Gasteiger partial charge in [-0.25, -0.2) is 0 Å². The summed E-state index contributed by atoms with van der Waals surface area (Å²) in [6, 6.07) is 0. The highest BCUT2D eigenvalue weighted by atomic mass is 16.8. The second-order valence-electron chi connectivity index (χ2n) is 20.3. The molecule has 0 unspecified atom stereocenters. The lowest BCUT2D eigenvalue weighted by Gasteiger charge is -2.47. The number of allylic oxidation sites excluding steroid dienone is 8. The van der Waals surface area contributed by atoms with Gasteiger partial charge in [0, 0.05) is 18.9 Å². The Kier molecular flexibility index (Phi) is 24.6. The minimum Gasteiger partial charge on any atom is -0.394 e. The molecule has 23 atom stereocenters. The second kappa shape index (κ2) is 28.6. The molecule has 0 bridgehead atoms. The molecule has 3 saturated heterocycles. The summed E-state index contributed by atoms with van der Waals surface area (Å²) < 4.78 is 39.8. The minimum atomic E-state index is -1.91. The van der Waals surface area contributed by atoms with E-state index in [2.05, 4.69) is 0 Å². The van der Waals surface area contributed by atoms with Crippen molar-refractivity contribution in [3.05, 3.63) is 71.9 Å². The van der Waals surface area contributed by atoms with Gasteiger partial charge in [-0.05, 0) is 57.1 Å². The van der Waals surface area contributed by atoms with Crippen LogP contribution in [-0.2, 0) is 38.0 Å². The molecule has 22 heteroatoms. The van der Waals surface area contributed by atoms with E-state index in [-0.39, 0.29) is 30.5 Å². The van der Waals surface area contributed by atoms with Crippen LogP contribution in [-0.4, -0.2) is 232 Å². The lowest BCUT2D eigenvalue weighted by Crippen LogP contribution is -2.65. The Labute approximate surface area is 426 Å². The molecular weight excluding hydrogens is 965 g/mol. The number of aliphatic hydroxyl groups excluding tert-OH is 14. The van der Waals surface area contributed by atoms with Gasteiger partial charge in [-0.2, -0.15) is 0 Å². The number of methoxy groups -OCH3 is 1. The molecule has 0 aromatic rings. The molecule has 22 nitrogen and oxygen atoms in total. The maximum absolute atomic E-state index is 13.4. The van der Waals surface area contributed by atoms with Crippen LogP contribution in [0.1, 0.15) is 61.3 Å². The Morgan fingerprint density at radius 1 is 0.726 bits per heavy atom. The summed E-state index contributed by atoms with van der Waals surface area (Å²) in [7, 11) is 1.38. The van der Waals surface area contributed by atoms with Crippen LogP contribution in [0.15, 0.2) is 71.9 Å². The zero-order valence-corrected chi connectivity index (χ0v) is 42.7. The second-order valence-corrected chi connectivity index (χ2v) is 20.3. The van der Waals surface area contributed by atoms with Gasteiger partial charge in [0.15, 0.2) is 24.7 Å². The predicted molar refractivity (Wildman–Crippen MR) is 258 cm³/mol. The quantitative estimate of drug-likeness (QED) is 0.0357. The number of hydrogen-bond acceptors (Lipinski definition) is 22. The standard InChI is InChI=1S/C51H82O22/c1-24(2)17-18-31(67-8)38(58)37(57)29(54)16-10-15-28-20-30(55)35(27(5)36(28)56)26(4)14-9-12-25(3)13-11-19-51(6,7)73-50-46(66)47(72-49-45(65)43(63)40(60)33(22-53)70-49)41(61)34(71-50)23-68-48-44(64)42(62)39(59)32(21-52)69-48/h9-14,16-18,20,24,26-27,29-35,37-50,52-55,57-66H,15,19,21-23H2,1-8H3/b13-11+,14-9+,16-10+,18-17+,25-12+/t26-,27-,29-,30+,31-,32-,33-,34+,35+,37+,38-,39-,40-,41+,42+,43+,44-,45-,46+,47-,48-,49+,50-/m0/s1. The highest BCUT2D eigenvalue weighted by Gasteiger charge is 2.53. The minimum absolute atomic E-state index is 0.0932. The third-order valence-electron chi connectivity index (χ3n) is 13.6. The van der Waals surface area contributed by atoms with Crippen molar-refractivity contribution in [2.75, 3.05) is 26.9 Å². The number of ketones is 1. The van der Waals surface area contributed by atoms with Gasteiger partial charge in [-0.3, -0.25) is 4.79 Å². The Balaban J connectivity index is 1.39. The van der Waals surface area contributed by atoms with Crippen molar-refractivity contribution in [1.82, 2.24) is 0 Å². The van der Waals surface area contributed by atoms with Crippen LogP contribution in [0.2, 0.25) is 0 Å². The molecule has 4 aliphatic rings. The van der Waals surface area contributed by atoms with Crippen molar-refractivity contribution in [3.63, 3.8) is 0 Å². The number of carbonyl (C=O) groups excluding carboxylic acids is 1. The van der Waals surface area contributed by atoms with Crippen LogP contribution in [0.4, 0.5) is 0 Å². The Morgan fingerprint density at radius 3 is 1.90 bits per heavy atom. The molecule has 0 amide bonds. The number of ether oxygens (including phenoxy) is 7. The first-order valence-corrected chi connectivity index (χ1v) is 24.7. The van der Waals surface area contributed by atoms with Crippen LogP contribution in [0.3, 0.4) is 0 Å². The molecule has 0 aromatic carbocycles. The SMILES string of the molecule is CO[C@@H](/C=C/C(C)C)[C@H](O)[C@H](O)[C@@H](O)/C=C/CC1=C[C@@H](O)[C@H]([C@@H](C)/C=C/C=C(C)/C=C/CC(C)(C)O[C@@H]2O[C@H](CO[C@H]3O[C@@H](CO)[C@H](O)[C@@H](O)[C@@H]3O)[C@@H](O)[C@H](O[C@H]3O[C@@H](CO)[C@H](O)[C@@H](O)[C@@H]3O)[C@H]2O)[C@H](C)C1=O. The van der Waals surface area contributed by atoms with Crippen molar-refractivity contribution >= 4 is 5.78 Å². The van der Waals surface area contributed by atoms with Crippen LogP contribution in [0.5, 0.6) is 0 Å². The van der Waals surface area contributed by atoms with Gasteiger partial charge in [-0.15, -0.1) is 0 Å². The van der Waals surface area contributed by atoms with Crippen molar-refractivity contribution in [2.24, 2.45) is 23.7 Å². The summed E-state index contributed by atoms with van der Waals surface area (Å²) in [6.07, 6.45) is -14.2. The first-order valence-electron chi connectivity index (χ1n) is 24.7. The summed E-state index contributed by atoms with van der Waals surface area (Å²) in [5.41, 5.74) is 0.0639. The van der Waals surface area contributed by atoms with E-state index in [1.165, 1.54) is 25.3 Å². The fourth-order valence-electron chi connectivity index (χ4n) is 9.09. The van der Waals surface area contributed by atoms with Gasteiger partial charge in [0.2, 0.25) is 0 Å². The van der Waals surface area contributed by atoms with E-state index >= 15 is 0 Å². The van der Waals surface area contributed by atoms with Crippen molar-refractivity contribution in [1.29, 1.82) is 0 Å². The maximum atomic E-state index is 13.4.